The maximum Gasteiger partial charge on any atom is 0.0527 e. The van der Waals surface area contributed by atoms with Gasteiger partial charge in [-0.25, -0.2) is 0 Å². The molecule has 0 aromatic rings. The smallest absolute Gasteiger partial charge is 0.0527 e. The number of hydrogen-bond donors (Lipinski definition) is 3. The number of aliphatic hydroxyl groups is 1. The standard InChI is InChI=1S/C9H20N2O/c1-6(12)4-9-5-10-7(2)8(3)11-9/h6-12H,4-5H2,1-3H3. The van der Waals surface area contributed by atoms with E-state index in [0.29, 0.717) is 18.1 Å². The summed E-state index contributed by atoms with van der Waals surface area (Å²) in [5.74, 6) is 0. The van der Waals surface area contributed by atoms with Crippen LogP contribution in [0.3, 0.4) is 0 Å². The van der Waals surface area contributed by atoms with Crippen LogP contribution < -0.4 is 10.6 Å². The van der Waals surface area contributed by atoms with E-state index < -0.39 is 0 Å². The predicted octanol–water partition coefficient (Wildman–Crippen LogP) is 0.0957. The third-order valence-corrected chi connectivity index (χ3v) is 2.56. The molecule has 0 aliphatic carbocycles. The van der Waals surface area contributed by atoms with Gasteiger partial charge in [-0.05, 0) is 27.2 Å². The molecular formula is C9H20N2O. The first kappa shape index (κ1) is 9.96. The van der Waals surface area contributed by atoms with Crippen molar-refractivity contribution in [3.05, 3.63) is 0 Å². The van der Waals surface area contributed by atoms with Crippen LogP contribution >= 0.6 is 0 Å². The normalized spacial score (nSPS) is 39.5. The van der Waals surface area contributed by atoms with Crippen LogP contribution in [0.15, 0.2) is 0 Å². The minimum absolute atomic E-state index is 0.204. The van der Waals surface area contributed by atoms with Crippen molar-refractivity contribution in [2.45, 2.75) is 51.4 Å². The zero-order chi connectivity index (χ0) is 9.14. The maximum atomic E-state index is 9.19. The van der Waals surface area contributed by atoms with Crippen LogP contribution in [0.4, 0.5) is 0 Å². The molecule has 1 fully saturated rings. The molecule has 1 heterocycles. The predicted molar refractivity (Wildman–Crippen MR) is 50.1 cm³/mol. The molecular weight excluding hydrogens is 152 g/mol. The van der Waals surface area contributed by atoms with Gasteiger partial charge in [0, 0.05) is 24.7 Å². The largest absolute Gasteiger partial charge is 0.393 e. The molecule has 0 saturated carbocycles. The highest BCUT2D eigenvalue weighted by Crippen LogP contribution is 2.05. The van der Waals surface area contributed by atoms with Crippen LogP contribution in [0.1, 0.15) is 27.2 Å². The summed E-state index contributed by atoms with van der Waals surface area (Å²) >= 11 is 0. The molecule has 0 radical (unpaired) electrons. The molecule has 3 heteroatoms. The fourth-order valence-electron chi connectivity index (χ4n) is 1.64. The van der Waals surface area contributed by atoms with Crippen molar-refractivity contribution >= 4 is 0 Å². The summed E-state index contributed by atoms with van der Waals surface area (Å²) in [5, 5.41) is 16.1. The van der Waals surface area contributed by atoms with E-state index in [-0.39, 0.29) is 6.10 Å². The van der Waals surface area contributed by atoms with Gasteiger partial charge in [-0.2, -0.15) is 0 Å². The molecule has 1 aliphatic rings. The quantitative estimate of drug-likeness (QED) is 0.553. The molecule has 0 bridgehead atoms. The monoisotopic (exact) mass is 172 g/mol. The Hall–Kier alpha value is -0.120. The van der Waals surface area contributed by atoms with Crippen molar-refractivity contribution in [1.29, 1.82) is 0 Å². The topological polar surface area (TPSA) is 44.3 Å². The lowest BCUT2D eigenvalue weighted by molar-refractivity contribution is 0.152. The second-order valence-electron chi connectivity index (χ2n) is 3.93. The number of nitrogens with one attached hydrogen (secondary N) is 2. The highest BCUT2D eigenvalue weighted by atomic mass is 16.3. The van der Waals surface area contributed by atoms with Crippen molar-refractivity contribution in [1.82, 2.24) is 10.6 Å². The van der Waals surface area contributed by atoms with Crippen molar-refractivity contribution < 1.29 is 5.11 Å². The molecule has 0 spiro atoms. The summed E-state index contributed by atoms with van der Waals surface area (Å²) in [6, 6.07) is 1.47. The Morgan fingerprint density at radius 3 is 2.58 bits per heavy atom. The van der Waals surface area contributed by atoms with Crippen LogP contribution in [0.25, 0.3) is 0 Å². The van der Waals surface area contributed by atoms with Crippen molar-refractivity contribution in [2.24, 2.45) is 0 Å². The van der Waals surface area contributed by atoms with E-state index in [4.69, 9.17) is 0 Å². The van der Waals surface area contributed by atoms with Crippen molar-refractivity contribution in [3.8, 4) is 0 Å². The first-order valence-corrected chi connectivity index (χ1v) is 4.77. The fraction of sp³-hybridized carbons (Fsp3) is 1.00. The molecule has 3 N–H and O–H groups in total. The second-order valence-corrected chi connectivity index (χ2v) is 3.93. The van der Waals surface area contributed by atoms with Crippen molar-refractivity contribution in [3.63, 3.8) is 0 Å². The molecule has 12 heavy (non-hydrogen) atoms. The van der Waals surface area contributed by atoms with Gasteiger partial charge in [0.25, 0.3) is 0 Å². The Morgan fingerprint density at radius 2 is 2.08 bits per heavy atom. The summed E-state index contributed by atoms with van der Waals surface area (Å²) in [6.45, 7) is 7.16. The molecule has 4 atom stereocenters. The van der Waals surface area contributed by atoms with E-state index in [1.165, 1.54) is 0 Å². The molecule has 72 valence electrons. The minimum Gasteiger partial charge on any atom is -0.393 e. The molecule has 0 aromatic carbocycles. The van der Waals surface area contributed by atoms with Crippen LogP contribution in [0.5, 0.6) is 0 Å². The van der Waals surface area contributed by atoms with E-state index in [1.807, 2.05) is 6.92 Å². The van der Waals surface area contributed by atoms with Gasteiger partial charge in [0.15, 0.2) is 0 Å². The van der Waals surface area contributed by atoms with E-state index in [1.54, 1.807) is 0 Å². The Labute approximate surface area is 74.5 Å². The Kier molecular flexibility index (Phi) is 3.50. The minimum atomic E-state index is -0.204. The van der Waals surface area contributed by atoms with Crippen LogP contribution in [0.2, 0.25) is 0 Å². The van der Waals surface area contributed by atoms with Gasteiger partial charge in [0.1, 0.15) is 0 Å². The molecule has 0 aromatic heterocycles. The summed E-state index contributed by atoms with van der Waals surface area (Å²) < 4.78 is 0. The Balaban J connectivity index is 2.30. The number of aliphatic hydroxyl groups excluding tert-OH is 1. The third-order valence-electron chi connectivity index (χ3n) is 2.56. The highest BCUT2D eigenvalue weighted by molar-refractivity contribution is 4.87. The first-order valence-electron chi connectivity index (χ1n) is 4.77. The van der Waals surface area contributed by atoms with E-state index in [2.05, 4.69) is 24.5 Å². The average Bonchev–Trinajstić information content (AvgIpc) is 1.96. The molecule has 1 aliphatic heterocycles. The summed E-state index contributed by atoms with van der Waals surface area (Å²) in [4.78, 5) is 0. The van der Waals surface area contributed by atoms with Gasteiger partial charge in [-0.3, -0.25) is 0 Å². The zero-order valence-corrected chi connectivity index (χ0v) is 8.17. The number of piperazine rings is 1. The Bertz CT molecular complexity index is 138. The van der Waals surface area contributed by atoms with Gasteiger partial charge in [0.2, 0.25) is 0 Å². The van der Waals surface area contributed by atoms with Gasteiger partial charge in [-0.15, -0.1) is 0 Å². The van der Waals surface area contributed by atoms with E-state index in [0.717, 1.165) is 13.0 Å². The lowest BCUT2D eigenvalue weighted by Crippen LogP contribution is -2.59. The molecule has 0 amide bonds. The van der Waals surface area contributed by atoms with E-state index in [9.17, 15) is 5.11 Å². The molecule has 1 saturated heterocycles. The molecule has 3 nitrogen and oxygen atoms in total. The summed E-state index contributed by atoms with van der Waals surface area (Å²) in [5.41, 5.74) is 0. The summed E-state index contributed by atoms with van der Waals surface area (Å²) in [7, 11) is 0. The fourth-order valence-corrected chi connectivity index (χ4v) is 1.64. The van der Waals surface area contributed by atoms with Gasteiger partial charge < -0.3 is 15.7 Å². The van der Waals surface area contributed by atoms with Gasteiger partial charge in [0.05, 0.1) is 6.10 Å². The van der Waals surface area contributed by atoms with Crippen LogP contribution in [-0.2, 0) is 0 Å². The first-order chi connectivity index (χ1) is 5.59. The number of hydrogen-bond acceptors (Lipinski definition) is 3. The van der Waals surface area contributed by atoms with E-state index >= 15 is 0 Å². The van der Waals surface area contributed by atoms with Gasteiger partial charge >= 0.3 is 0 Å². The zero-order valence-electron chi connectivity index (χ0n) is 8.17. The van der Waals surface area contributed by atoms with Crippen molar-refractivity contribution in [2.75, 3.05) is 6.54 Å². The van der Waals surface area contributed by atoms with Gasteiger partial charge in [-0.1, -0.05) is 0 Å². The average molecular weight is 172 g/mol. The lowest BCUT2D eigenvalue weighted by atomic mass is 10.0. The molecule has 1 rings (SSSR count). The second kappa shape index (κ2) is 4.21. The molecule has 4 unspecified atom stereocenters. The Morgan fingerprint density at radius 1 is 1.42 bits per heavy atom. The van der Waals surface area contributed by atoms with Crippen LogP contribution in [-0.4, -0.2) is 35.9 Å². The highest BCUT2D eigenvalue weighted by Gasteiger charge is 2.23. The lowest BCUT2D eigenvalue weighted by Gasteiger charge is -2.35. The van der Waals surface area contributed by atoms with Crippen LogP contribution in [0, 0.1) is 0 Å². The maximum absolute atomic E-state index is 9.19. The third kappa shape index (κ3) is 2.73. The summed E-state index contributed by atoms with van der Waals surface area (Å²) in [6.07, 6.45) is 0.634. The SMILES string of the molecule is CC(O)CC1CNC(C)C(C)N1. The number of rotatable bonds is 2.